The highest BCUT2D eigenvalue weighted by Gasteiger charge is 2.33. The maximum Gasteiger partial charge on any atom is 0.418 e. The lowest BCUT2D eigenvalue weighted by atomic mass is 9.99. The summed E-state index contributed by atoms with van der Waals surface area (Å²) in [6.45, 7) is 0. The predicted octanol–water partition coefficient (Wildman–Crippen LogP) is 5.71. The Hall–Kier alpha value is -2.14. The molecule has 1 nitrogen and oxygen atoms in total. The number of benzene rings is 2. The summed E-state index contributed by atoms with van der Waals surface area (Å²) in [5, 5.41) is 0.245. The largest absolute Gasteiger partial charge is 0.418 e. The first-order chi connectivity index (χ1) is 10.4. The van der Waals surface area contributed by atoms with E-state index in [0.29, 0.717) is 16.5 Å². The molecule has 0 atom stereocenters. The smallest absolute Gasteiger partial charge is 0.256 e. The molecule has 3 rings (SSSR count). The first-order valence-corrected chi connectivity index (χ1v) is 6.66. The van der Waals surface area contributed by atoms with E-state index in [1.165, 1.54) is 30.5 Å². The van der Waals surface area contributed by atoms with E-state index in [9.17, 15) is 17.6 Å². The molecule has 0 saturated carbocycles. The quantitative estimate of drug-likeness (QED) is 0.522. The zero-order valence-electron chi connectivity index (χ0n) is 11.0. The van der Waals surface area contributed by atoms with Crippen LogP contribution in [0.3, 0.4) is 0 Å². The third-order valence-corrected chi connectivity index (χ3v) is 3.60. The van der Waals surface area contributed by atoms with Crippen LogP contribution in [0.5, 0.6) is 0 Å². The molecule has 1 aromatic heterocycles. The maximum absolute atomic E-state index is 13.3. The molecule has 0 aliphatic carbocycles. The van der Waals surface area contributed by atoms with Crippen molar-refractivity contribution >= 4 is 22.5 Å². The highest BCUT2D eigenvalue weighted by Crippen LogP contribution is 2.37. The number of halogens is 5. The summed E-state index contributed by atoms with van der Waals surface area (Å²) >= 11 is 5.75. The Morgan fingerprint density at radius 2 is 1.77 bits per heavy atom. The fourth-order valence-electron chi connectivity index (χ4n) is 2.32. The summed E-state index contributed by atoms with van der Waals surface area (Å²) < 4.78 is 52.4. The van der Waals surface area contributed by atoms with Gasteiger partial charge in [0.2, 0.25) is 0 Å². The monoisotopic (exact) mass is 325 g/mol. The van der Waals surface area contributed by atoms with Crippen LogP contribution in [0, 0.1) is 5.82 Å². The van der Waals surface area contributed by atoms with Gasteiger partial charge in [-0.1, -0.05) is 29.8 Å². The molecule has 0 saturated heterocycles. The predicted molar refractivity (Wildman–Crippen MR) is 77.1 cm³/mol. The summed E-state index contributed by atoms with van der Waals surface area (Å²) in [5.41, 5.74) is 0.0872. The molecule has 112 valence electrons. The lowest BCUT2D eigenvalue weighted by Crippen LogP contribution is -2.06. The molecule has 0 amide bonds. The van der Waals surface area contributed by atoms with Gasteiger partial charge in [0.05, 0.1) is 16.1 Å². The van der Waals surface area contributed by atoms with Crippen molar-refractivity contribution in [2.24, 2.45) is 0 Å². The van der Waals surface area contributed by atoms with Crippen molar-refractivity contribution in [2.75, 3.05) is 0 Å². The van der Waals surface area contributed by atoms with Gasteiger partial charge in [0.25, 0.3) is 0 Å². The normalized spacial score (nSPS) is 11.9. The molecule has 0 radical (unpaired) electrons. The molecule has 1 heterocycles. The molecule has 6 heteroatoms. The van der Waals surface area contributed by atoms with E-state index < -0.39 is 17.6 Å². The lowest BCUT2D eigenvalue weighted by molar-refractivity contribution is -0.136. The molecule has 0 aliphatic heterocycles. The number of fused-ring (bicyclic) bond motifs is 1. The molecule has 0 N–H and O–H groups in total. The van der Waals surface area contributed by atoms with Crippen molar-refractivity contribution in [1.82, 2.24) is 4.98 Å². The fraction of sp³-hybridized carbons (Fsp3) is 0.0625. The van der Waals surface area contributed by atoms with Crippen LogP contribution in [0.25, 0.3) is 22.0 Å². The average molecular weight is 326 g/mol. The van der Waals surface area contributed by atoms with Crippen molar-refractivity contribution < 1.29 is 17.6 Å². The van der Waals surface area contributed by atoms with Crippen molar-refractivity contribution in [2.45, 2.75) is 6.18 Å². The van der Waals surface area contributed by atoms with Gasteiger partial charge in [-0.25, -0.2) is 4.39 Å². The Kier molecular flexibility index (Phi) is 3.53. The summed E-state index contributed by atoms with van der Waals surface area (Å²) in [6, 6.07) is 9.45. The molecule has 0 bridgehead atoms. The Labute approximate surface area is 128 Å². The maximum atomic E-state index is 13.3. The van der Waals surface area contributed by atoms with Crippen LogP contribution in [-0.4, -0.2) is 4.98 Å². The van der Waals surface area contributed by atoms with E-state index in [4.69, 9.17) is 11.6 Å². The van der Waals surface area contributed by atoms with Crippen LogP contribution in [0.4, 0.5) is 17.6 Å². The fourth-order valence-corrected chi connectivity index (χ4v) is 2.50. The molecule has 3 aromatic rings. The zero-order valence-corrected chi connectivity index (χ0v) is 11.7. The lowest BCUT2D eigenvalue weighted by Gasteiger charge is -2.12. The molecule has 0 unspecified atom stereocenters. The number of aromatic nitrogens is 1. The number of hydrogen-bond acceptors (Lipinski definition) is 1. The standard InChI is InChI=1S/C16H8ClF4N/c17-13-8-9(4-5-14(13)18)10-6-7-22-15-11(10)2-1-3-12(15)16(19,20)21/h1-8H. The van der Waals surface area contributed by atoms with Gasteiger partial charge >= 0.3 is 6.18 Å². The van der Waals surface area contributed by atoms with E-state index >= 15 is 0 Å². The number of alkyl halides is 3. The number of hydrogen-bond donors (Lipinski definition) is 0. The highest BCUT2D eigenvalue weighted by molar-refractivity contribution is 6.31. The Morgan fingerprint density at radius 3 is 2.45 bits per heavy atom. The highest BCUT2D eigenvalue weighted by atomic mass is 35.5. The summed E-state index contributed by atoms with van der Waals surface area (Å²) in [4.78, 5) is 3.85. The minimum absolute atomic E-state index is 0.0885. The molecule has 0 fully saturated rings. The van der Waals surface area contributed by atoms with Gasteiger partial charge in [-0.2, -0.15) is 13.2 Å². The van der Waals surface area contributed by atoms with Gasteiger partial charge < -0.3 is 0 Å². The first-order valence-electron chi connectivity index (χ1n) is 6.28. The second kappa shape index (κ2) is 5.25. The van der Waals surface area contributed by atoms with E-state index in [1.54, 1.807) is 12.1 Å². The third-order valence-electron chi connectivity index (χ3n) is 3.31. The Bertz CT molecular complexity index is 858. The van der Waals surface area contributed by atoms with Crippen LogP contribution in [0.2, 0.25) is 5.02 Å². The SMILES string of the molecule is Fc1ccc(-c2ccnc3c(C(F)(F)F)cccc23)cc1Cl. The van der Waals surface area contributed by atoms with E-state index in [2.05, 4.69) is 4.98 Å². The van der Waals surface area contributed by atoms with Gasteiger partial charge in [0.15, 0.2) is 0 Å². The molecule has 2 aromatic carbocycles. The van der Waals surface area contributed by atoms with Crippen LogP contribution in [0.15, 0.2) is 48.7 Å². The zero-order chi connectivity index (χ0) is 15.9. The summed E-state index contributed by atoms with van der Waals surface area (Å²) in [5.74, 6) is -0.584. The van der Waals surface area contributed by atoms with Crippen molar-refractivity contribution in [1.29, 1.82) is 0 Å². The van der Waals surface area contributed by atoms with E-state index in [0.717, 1.165) is 6.07 Å². The van der Waals surface area contributed by atoms with Gasteiger partial charge in [-0.05, 0) is 35.4 Å². The summed E-state index contributed by atoms with van der Waals surface area (Å²) in [6.07, 6.45) is -3.20. The van der Waals surface area contributed by atoms with E-state index in [-0.39, 0.29) is 10.5 Å². The minimum atomic E-state index is -4.49. The van der Waals surface area contributed by atoms with Crippen LogP contribution in [0.1, 0.15) is 5.56 Å². The second-order valence-corrected chi connectivity index (χ2v) is 5.09. The van der Waals surface area contributed by atoms with Crippen LogP contribution >= 0.6 is 11.6 Å². The molecule has 0 spiro atoms. The molecule has 22 heavy (non-hydrogen) atoms. The first kappa shape index (κ1) is 14.8. The van der Waals surface area contributed by atoms with Gasteiger partial charge in [-0.15, -0.1) is 0 Å². The van der Waals surface area contributed by atoms with Crippen LogP contribution in [-0.2, 0) is 6.18 Å². The van der Waals surface area contributed by atoms with Gasteiger partial charge in [0, 0.05) is 11.6 Å². The van der Waals surface area contributed by atoms with Crippen molar-refractivity contribution in [3.63, 3.8) is 0 Å². The number of nitrogens with zero attached hydrogens (tertiary/aromatic N) is 1. The Morgan fingerprint density at radius 1 is 1.00 bits per heavy atom. The topological polar surface area (TPSA) is 12.9 Å². The molecule has 0 aliphatic rings. The van der Waals surface area contributed by atoms with Crippen molar-refractivity contribution in [3.05, 3.63) is 65.1 Å². The van der Waals surface area contributed by atoms with Crippen LogP contribution < -0.4 is 0 Å². The van der Waals surface area contributed by atoms with Gasteiger partial charge in [0.1, 0.15) is 5.82 Å². The number of rotatable bonds is 1. The van der Waals surface area contributed by atoms with Crippen molar-refractivity contribution in [3.8, 4) is 11.1 Å². The van der Waals surface area contributed by atoms with Gasteiger partial charge in [-0.3, -0.25) is 4.98 Å². The molecular weight excluding hydrogens is 318 g/mol. The molecular formula is C16H8ClF4N. The average Bonchev–Trinajstić information content (AvgIpc) is 2.48. The second-order valence-electron chi connectivity index (χ2n) is 4.69. The number of para-hydroxylation sites is 1. The minimum Gasteiger partial charge on any atom is -0.256 e. The number of pyridine rings is 1. The third kappa shape index (κ3) is 2.52. The summed E-state index contributed by atoms with van der Waals surface area (Å²) in [7, 11) is 0. The van der Waals surface area contributed by atoms with E-state index in [1.807, 2.05) is 0 Å². The Balaban J connectivity index is 2.30.